The Morgan fingerprint density at radius 2 is 1.86 bits per heavy atom. The molecule has 194 valence electrons. The van der Waals surface area contributed by atoms with Crippen LogP contribution in [0.25, 0.3) is 22.3 Å². The number of anilines is 1. The summed E-state index contributed by atoms with van der Waals surface area (Å²) in [7, 11) is 0. The predicted molar refractivity (Wildman–Crippen MR) is 143 cm³/mol. The molecule has 11 heteroatoms. The zero-order chi connectivity index (χ0) is 25.8. The molecule has 0 unspecified atom stereocenters. The summed E-state index contributed by atoms with van der Waals surface area (Å²) in [6, 6.07) is 15.6. The van der Waals surface area contributed by atoms with Crippen LogP contribution >= 0.6 is 11.8 Å². The Hall–Kier alpha value is -3.22. The lowest BCUT2D eigenvalue weighted by Crippen LogP contribution is -2.32. The number of nitrogens with two attached hydrogens (primary N) is 1. The number of nitrogens with one attached hydrogen (secondary N) is 1. The lowest BCUT2D eigenvalue weighted by atomic mass is 10.0. The van der Waals surface area contributed by atoms with Crippen molar-refractivity contribution in [3.63, 3.8) is 0 Å². The van der Waals surface area contributed by atoms with Crippen LogP contribution in [0.1, 0.15) is 18.2 Å². The van der Waals surface area contributed by atoms with Gasteiger partial charge >= 0.3 is 0 Å². The van der Waals surface area contributed by atoms with E-state index in [1.165, 1.54) is 18.2 Å². The molecule has 0 saturated carbocycles. The molecule has 2 aromatic carbocycles. The summed E-state index contributed by atoms with van der Waals surface area (Å²) in [4.78, 5) is 12.3. The Morgan fingerprint density at radius 3 is 2.70 bits per heavy atom. The summed E-state index contributed by atoms with van der Waals surface area (Å²) >= 11 is 1.68. The number of hydrogen-bond acceptors (Lipinski definition) is 10. The number of thioether (sulfide) groups is 1. The van der Waals surface area contributed by atoms with Crippen molar-refractivity contribution in [3.05, 3.63) is 66.7 Å². The van der Waals surface area contributed by atoms with Crippen LogP contribution in [-0.4, -0.2) is 71.2 Å². The van der Waals surface area contributed by atoms with E-state index >= 15 is 0 Å². The highest BCUT2D eigenvalue weighted by Gasteiger charge is 2.44. The molecule has 3 heterocycles. The van der Waals surface area contributed by atoms with E-state index in [4.69, 9.17) is 10.5 Å². The number of benzene rings is 2. The van der Waals surface area contributed by atoms with Crippen molar-refractivity contribution in [1.29, 1.82) is 0 Å². The van der Waals surface area contributed by atoms with E-state index < -0.39 is 24.5 Å². The number of rotatable bonds is 10. The van der Waals surface area contributed by atoms with Gasteiger partial charge in [0.25, 0.3) is 0 Å². The Labute approximate surface area is 218 Å². The van der Waals surface area contributed by atoms with E-state index in [0.717, 1.165) is 36.4 Å². The number of imidazole rings is 1. The average Bonchev–Trinajstić information content (AvgIpc) is 3.46. The normalized spacial score (nSPS) is 21.6. The van der Waals surface area contributed by atoms with Crippen LogP contribution in [0.2, 0.25) is 0 Å². The number of aliphatic hydroxyl groups excluding tert-OH is 2. The molecule has 1 saturated heterocycles. The minimum absolute atomic E-state index is 0.252. The Morgan fingerprint density at radius 1 is 1.03 bits per heavy atom. The van der Waals surface area contributed by atoms with Crippen molar-refractivity contribution >= 4 is 28.7 Å². The van der Waals surface area contributed by atoms with Gasteiger partial charge in [-0.3, -0.25) is 4.57 Å². The van der Waals surface area contributed by atoms with E-state index in [-0.39, 0.29) is 11.6 Å². The standard InChI is InChI=1S/C26H30N6O4S/c27-24-21-25(30-14-29-24)32(15-31-21)26-23(35)22(34)20(36-26)13-37-10-2-9-28-12-16-3-1-4-18(11-16)17-5-7-19(33)8-6-17/h1,3-8,11,14-15,20,22-23,26,28,33-35H,2,9-10,12-13H2,(H2,27,29,30)/t20-,22-,23-,26-/m1/s1. The van der Waals surface area contributed by atoms with Crippen LogP contribution in [0.5, 0.6) is 5.75 Å². The first kappa shape index (κ1) is 25.4. The van der Waals surface area contributed by atoms with Gasteiger partial charge in [0.05, 0.1) is 12.4 Å². The fourth-order valence-electron chi connectivity index (χ4n) is 4.40. The zero-order valence-electron chi connectivity index (χ0n) is 20.1. The van der Waals surface area contributed by atoms with Crippen LogP contribution < -0.4 is 11.1 Å². The third-order valence-electron chi connectivity index (χ3n) is 6.38. The molecule has 0 amide bonds. The number of fused-ring (bicyclic) bond motifs is 1. The maximum absolute atomic E-state index is 10.6. The lowest BCUT2D eigenvalue weighted by molar-refractivity contribution is -0.0289. The summed E-state index contributed by atoms with van der Waals surface area (Å²) < 4.78 is 7.58. The molecular formula is C26H30N6O4S. The minimum Gasteiger partial charge on any atom is -0.508 e. The molecule has 0 radical (unpaired) electrons. The fraction of sp³-hybridized carbons (Fsp3) is 0.346. The summed E-state index contributed by atoms with van der Waals surface area (Å²) in [5.74, 6) is 1.97. The van der Waals surface area contributed by atoms with E-state index in [9.17, 15) is 15.3 Å². The van der Waals surface area contributed by atoms with E-state index in [2.05, 4.69) is 38.5 Å². The molecule has 1 aliphatic rings. The van der Waals surface area contributed by atoms with E-state index in [1.54, 1.807) is 28.5 Å². The third-order valence-corrected chi connectivity index (χ3v) is 7.52. The Balaban J connectivity index is 1.05. The summed E-state index contributed by atoms with van der Waals surface area (Å²) in [5.41, 5.74) is 10.1. The number of aromatic hydroxyl groups is 1. The SMILES string of the molecule is Nc1ncnc2c1ncn2[C@@H]1O[C@H](CSCCCNCc2cccc(-c3ccc(O)cc3)c2)[C@@H](O)[C@H]1O. The Bertz CT molecular complexity index is 1330. The van der Waals surface area contributed by atoms with Crippen molar-refractivity contribution < 1.29 is 20.1 Å². The predicted octanol–water partition coefficient (Wildman–Crippen LogP) is 2.31. The monoisotopic (exact) mass is 522 g/mol. The molecule has 0 bridgehead atoms. The van der Waals surface area contributed by atoms with Crippen LogP contribution in [0.4, 0.5) is 5.82 Å². The first-order chi connectivity index (χ1) is 18.0. The maximum Gasteiger partial charge on any atom is 0.167 e. The largest absolute Gasteiger partial charge is 0.508 e. The van der Waals surface area contributed by atoms with Gasteiger partial charge in [-0.2, -0.15) is 11.8 Å². The van der Waals surface area contributed by atoms with Gasteiger partial charge in [0.2, 0.25) is 0 Å². The van der Waals surface area contributed by atoms with Gasteiger partial charge in [0.15, 0.2) is 17.7 Å². The van der Waals surface area contributed by atoms with Crippen molar-refractivity contribution in [3.8, 4) is 16.9 Å². The van der Waals surface area contributed by atoms with Gasteiger partial charge in [-0.05, 0) is 53.6 Å². The fourth-order valence-corrected chi connectivity index (χ4v) is 5.42. The highest BCUT2D eigenvalue weighted by molar-refractivity contribution is 7.99. The number of ether oxygens (including phenoxy) is 1. The zero-order valence-corrected chi connectivity index (χ0v) is 21.0. The first-order valence-electron chi connectivity index (χ1n) is 12.1. The smallest absolute Gasteiger partial charge is 0.167 e. The second-order valence-electron chi connectivity index (χ2n) is 8.98. The molecule has 4 atom stereocenters. The van der Waals surface area contributed by atoms with Gasteiger partial charge in [-0.15, -0.1) is 0 Å². The van der Waals surface area contributed by atoms with Gasteiger partial charge < -0.3 is 31.1 Å². The van der Waals surface area contributed by atoms with Crippen LogP contribution in [0.15, 0.2) is 61.2 Å². The summed E-state index contributed by atoms with van der Waals surface area (Å²) in [5, 5.41) is 34.1. The van der Waals surface area contributed by atoms with Crippen LogP contribution in [-0.2, 0) is 11.3 Å². The van der Waals surface area contributed by atoms with E-state index in [0.29, 0.717) is 16.9 Å². The van der Waals surface area contributed by atoms with Gasteiger partial charge in [-0.25, -0.2) is 15.0 Å². The number of nitrogens with zero attached hydrogens (tertiary/aromatic N) is 4. The summed E-state index contributed by atoms with van der Waals surface area (Å²) in [6.45, 7) is 1.62. The molecule has 37 heavy (non-hydrogen) atoms. The van der Waals surface area contributed by atoms with Crippen molar-refractivity contribution in [1.82, 2.24) is 24.8 Å². The third kappa shape index (κ3) is 5.71. The topological polar surface area (TPSA) is 152 Å². The molecule has 6 N–H and O–H groups in total. The minimum atomic E-state index is -1.10. The number of phenols is 1. The highest BCUT2D eigenvalue weighted by Crippen LogP contribution is 2.33. The second kappa shape index (κ2) is 11.4. The van der Waals surface area contributed by atoms with E-state index in [1.807, 2.05) is 18.2 Å². The highest BCUT2D eigenvalue weighted by atomic mass is 32.2. The van der Waals surface area contributed by atoms with Crippen molar-refractivity contribution in [2.75, 3.05) is 23.8 Å². The van der Waals surface area contributed by atoms with Crippen LogP contribution in [0.3, 0.4) is 0 Å². The molecule has 10 nitrogen and oxygen atoms in total. The summed E-state index contributed by atoms with van der Waals surface area (Å²) in [6.07, 6.45) is 0.390. The molecule has 5 rings (SSSR count). The second-order valence-corrected chi connectivity index (χ2v) is 10.1. The average molecular weight is 523 g/mol. The lowest BCUT2D eigenvalue weighted by Gasteiger charge is -2.16. The molecule has 1 fully saturated rings. The number of aromatic nitrogens is 4. The van der Waals surface area contributed by atoms with Gasteiger partial charge in [0, 0.05) is 12.3 Å². The van der Waals surface area contributed by atoms with Crippen molar-refractivity contribution in [2.45, 2.75) is 37.5 Å². The van der Waals surface area contributed by atoms with Gasteiger partial charge in [-0.1, -0.05) is 30.3 Å². The van der Waals surface area contributed by atoms with Crippen molar-refractivity contribution in [2.24, 2.45) is 0 Å². The Kier molecular flexibility index (Phi) is 7.87. The van der Waals surface area contributed by atoms with Gasteiger partial charge in [0.1, 0.15) is 29.8 Å². The quantitative estimate of drug-likeness (QED) is 0.196. The molecule has 1 aliphatic heterocycles. The molecule has 2 aromatic heterocycles. The van der Waals surface area contributed by atoms with Crippen LogP contribution in [0, 0.1) is 0 Å². The first-order valence-corrected chi connectivity index (χ1v) is 13.3. The number of phenolic OH excluding ortho intramolecular Hbond substituents is 1. The number of aliphatic hydroxyl groups is 2. The number of nitrogen functional groups attached to an aromatic ring is 1. The number of hydrogen-bond donors (Lipinski definition) is 5. The molecular weight excluding hydrogens is 492 g/mol. The molecule has 0 aliphatic carbocycles. The molecule has 4 aromatic rings. The molecule has 0 spiro atoms. The maximum atomic E-state index is 10.6.